The average molecular weight is 453 g/mol. The standard InChI is InChI=1S/C18H39N5.HI/c1-6-17(7-2)15-21-18(19-8-3)20-14-16(5)23-12-10-22(9-4)11-13-23;/h16-17H,6-15H2,1-5H3,(H2,19,20,21);1H. The van der Waals surface area contributed by atoms with E-state index in [1.54, 1.807) is 0 Å². The highest BCUT2D eigenvalue weighted by atomic mass is 127. The van der Waals surface area contributed by atoms with Crippen molar-refractivity contribution in [2.45, 2.75) is 53.5 Å². The van der Waals surface area contributed by atoms with Gasteiger partial charge in [-0.25, -0.2) is 0 Å². The van der Waals surface area contributed by atoms with E-state index in [2.05, 4.69) is 55.1 Å². The third-order valence-corrected chi connectivity index (χ3v) is 5.05. The normalized spacial score (nSPS) is 18.3. The Labute approximate surface area is 167 Å². The highest BCUT2D eigenvalue weighted by Crippen LogP contribution is 2.07. The molecule has 1 rings (SSSR count). The van der Waals surface area contributed by atoms with Crippen molar-refractivity contribution in [1.29, 1.82) is 0 Å². The predicted octanol–water partition coefficient (Wildman–Crippen LogP) is 2.62. The van der Waals surface area contributed by atoms with E-state index in [0.717, 1.165) is 25.6 Å². The Bertz CT molecular complexity index is 325. The maximum atomic E-state index is 4.77. The molecule has 0 aliphatic carbocycles. The van der Waals surface area contributed by atoms with Gasteiger partial charge in [0.05, 0.1) is 0 Å². The van der Waals surface area contributed by atoms with Crippen LogP contribution in [0.2, 0.25) is 0 Å². The van der Waals surface area contributed by atoms with Crippen LogP contribution in [0.5, 0.6) is 0 Å². The molecule has 24 heavy (non-hydrogen) atoms. The minimum atomic E-state index is 0. The summed E-state index contributed by atoms with van der Waals surface area (Å²) in [6.45, 7) is 19.9. The van der Waals surface area contributed by atoms with Gasteiger partial charge in [-0.15, -0.1) is 24.0 Å². The van der Waals surface area contributed by atoms with Crippen LogP contribution in [0.25, 0.3) is 0 Å². The van der Waals surface area contributed by atoms with Crippen LogP contribution in [-0.4, -0.2) is 74.2 Å². The van der Waals surface area contributed by atoms with Gasteiger partial charge in [0, 0.05) is 51.9 Å². The summed E-state index contributed by atoms with van der Waals surface area (Å²) >= 11 is 0. The molecule has 0 aromatic rings. The summed E-state index contributed by atoms with van der Waals surface area (Å²) in [6.07, 6.45) is 2.41. The number of halogens is 1. The quantitative estimate of drug-likeness (QED) is 0.320. The highest BCUT2D eigenvalue weighted by Gasteiger charge is 2.20. The first-order chi connectivity index (χ1) is 11.1. The van der Waals surface area contributed by atoms with E-state index >= 15 is 0 Å². The van der Waals surface area contributed by atoms with E-state index in [-0.39, 0.29) is 24.0 Å². The Hall–Kier alpha value is -0.0800. The van der Waals surface area contributed by atoms with E-state index in [1.165, 1.54) is 45.6 Å². The van der Waals surface area contributed by atoms with Crippen LogP contribution >= 0.6 is 24.0 Å². The minimum absolute atomic E-state index is 0. The second kappa shape index (κ2) is 14.1. The first-order valence-electron chi connectivity index (χ1n) is 9.63. The van der Waals surface area contributed by atoms with Gasteiger partial charge in [-0.1, -0.05) is 33.6 Å². The zero-order chi connectivity index (χ0) is 17.1. The maximum absolute atomic E-state index is 4.77. The smallest absolute Gasteiger partial charge is 0.191 e. The molecule has 0 saturated carbocycles. The van der Waals surface area contributed by atoms with Gasteiger partial charge in [-0.3, -0.25) is 9.89 Å². The number of likely N-dealkylation sites (N-methyl/N-ethyl adjacent to an activating group) is 1. The second-order valence-corrected chi connectivity index (χ2v) is 6.60. The first kappa shape index (κ1) is 23.9. The monoisotopic (exact) mass is 453 g/mol. The lowest BCUT2D eigenvalue weighted by Crippen LogP contribution is -2.53. The highest BCUT2D eigenvalue weighted by molar-refractivity contribution is 14.0. The summed E-state index contributed by atoms with van der Waals surface area (Å²) in [6, 6.07) is 0.547. The molecule has 1 heterocycles. The van der Waals surface area contributed by atoms with Gasteiger partial charge in [0.2, 0.25) is 0 Å². The summed E-state index contributed by atoms with van der Waals surface area (Å²) in [7, 11) is 0. The molecule has 6 heteroatoms. The van der Waals surface area contributed by atoms with E-state index in [1.807, 2.05) is 0 Å². The van der Waals surface area contributed by atoms with Crippen LogP contribution < -0.4 is 10.6 Å². The Morgan fingerprint density at radius 1 is 1.00 bits per heavy atom. The molecular formula is C18H40IN5. The third-order valence-electron chi connectivity index (χ3n) is 5.05. The molecule has 0 amide bonds. The molecule has 1 aliphatic rings. The Morgan fingerprint density at radius 2 is 1.62 bits per heavy atom. The maximum Gasteiger partial charge on any atom is 0.191 e. The molecule has 0 aromatic carbocycles. The van der Waals surface area contributed by atoms with E-state index < -0.39 is 0 Å². The van der Waals surface area contributed by atoms with Crippen molar-refractivity contribution in [3.8, 4) is 0 Å². The number of nitrogens with one attached hydrogen (secondary N) is 2. The molecule has 144 valence electrons. The topological polar surface area (TPSA) is 42.9 Å². The van der Waals surface area contributed by atoms with Crippen molar-refractivity contribution in [2.24, 2.45) is 10.9 Å². The lowest BCUT2D eigenvalue weighted by molar-refractivity contribution is 0.107. The molecule has 1 unspecified atom stereocenters. The van der Waals surface area contributed by atoms with Gasteiger partial charge >= 0.3 is 0 Å². The summed E-state index contributed by atoms with van der Waals surface area (Å²) in [5.41, 5.74) is 0. The molecule has 1 atom stereocenters. The molecule has 0 aromatic heterocycles. The van der Waals surface area contributed by atoms with E-state index in [9.17, 15) is 0 Å². The molecule has 1 saturated heterocycles. The number of hydrogen-bond donors (Lipinski definition) is 2. The lowest BCUT2D eigenvalue weighted by Gasteiger charge is -2.37. The van der Waals surface area contributed by atoms with Gasteiger partial charge in [-0.05, 0) is 26.3 Å². The summed E-state index contributed by atoms with van der Waals surface area (Å²) in [4.78, 5) is 9.88. The van der Waals surface area contributed by atoms with Crippen molar-refractivity contribution in [3.63, 3.8) is 0 Å². The number of aliphatic imine (C=N–C) groups is 1. The van der Waals surface area contributed by atoms with E-state index in [4.69, 9.17) is 4.99 Å². The lowest BCUT2D eigenvalue weighted by atomic mass is 10.0. The molecule has 0 bridgehead atoms. The molecule has 5 nitrogen and oxygen atoms in total. The molecule has 0 radical (unpaired) electrons. The fourth-order valence-electron chi connectivity index (χ4n) is 3.00. The van der Waals surface area contributed by atoms with Crippen molar-refractivity contribution in [2.75, 3.05) is 52.4 Å². The SMILES string of the molecule is CCNC(=NCC(CC)CC)NCC(C)N1CCN(CC)CC1.I. The average Bonchev–Trinajstić information content (AvgIpc) is 2.60. The third kappa shape index (κ3) is 8.85. The van der Waals surface area contributed by atoms with Crippen molar-refractivity contribution < 1.29 is 0 Å². The summed E-state index contributed by atoms with van der Waals surface area (Å²) in [5.74, 6) is 1.67. The number of nitrogens with zero attached hydrogens (tertiary/aromatic N) is 3. The largest absolute Gasteiger partial charge is 0.357 e. The molecule has 2 N–H and O–H groups in total. The number of hydrogen-bond acceptors (Lipinski definition) is 3. The minimum Gasteiger partial charge on any atom is -0.357 e. The molecule has 1 fully saturated rings. The van der Waals surface area contributed by atoms with Gasteiger partial charge in [-0.2, -0.15) is 0 Å². The fourth-order valence-corrected chi connectivity index (χ4v) is 3.00. The van der Waals surface area contributed by atoms with Crippen LogP contribution in [0.3, 0.4) is 0 Å². The van der Waals surface area contributed by atoms with Gasteiger partial charge in [0.1, 0.15) is 0 Å². The van der Waals surface area contributed by atoms with Crippen LogP contribution in [0.4, 0.5) is 0 Å². The van der Waals surface area contributed by atoms with Crippen LogP contribution in [0.15, 0.2) is 4.99 Å². The first-order valence-corrected chi connectivity index (χ1v) is 9.63. The Balaban J connectivity index is 0.00000529. The summed E-state index contributed by atoms with van der Waals surface area (Å²) < 4.78 is 0. The zero-order valence-electron chi connectivity index (χ0n) is 16.5. The van der Waals surface area contributed by atoms with Gasteiger partial charge in [0.15, 0.2) is 5.96 Å². The van der Waals surface area contributed by atoms with Crippen molar-refractivity contribution in [3.05, 3.63) is 0 Å². The van der Waals surface area contributed by atoms with Crippen LogP contribution in [0, 0.1) is 5.92 Å². The van der Waals surface area contributed by atoms with Gasteiger partial charge < -0.3 is 15.5 Å². The van der Waals surface area contributed by atoms with E-state index in [0.29, 0.717) is 12.0 Å². The number of piperazine rings is 1. The van der Waals surface area contributed by atoms with Crippen molar-refractivity contribution in [1.82, 2.24) is 20.4 Å². The predicted molar refractivity (Wildman–Crippen MR) is 117 cm³/mol. The second-order valence-electron chi connectivity index (χ2n) is 6.60. The zero-order valence-corrected chi connectivity index (χ0v) is 18.8. The summed E-state index contributed by atoms with van der Waals surface area (Å²) in [5, 5.41) is 6.90. The molecular weight excluding hydrogens is 413 g/mol. The molecule has 0 spiro atoms. The number of guanidine groups is 1. The Morgan fingerprint density at radius 3 is 2.12 bits per heavy atom. The van der Waals surface area contributed by atoms with Crippen molar-refractivity contribution >= 4 is 29.9 Å². The molecule has 1 aliphatic heterocycles. The fraction of sp³-hybridized carbons (Fsp3) is 0.944. The Kier molecular flexibility index (Phi) is 14.1. The van der Waals surface area contributed by atoms with Crippen LogP contribution in [-0.2, 0) is 0 Å². The van der Waals surface area contributed by atoms with Crippen LogP contribution in [0.1, 0.15) is 47.5 Å². The number of rotatable bonds is 9. The van der Waals surface area contributed by atoms with Gasteiger partial charge in [0.25, 0.3) is 0 Å².